The monoisotopic (exact) mass is 254 g/mol. The van der Waals surface area contributed by atoms with Crippen LogP contribution < -0.4 is 0 Å². The molecule has 6 heteroatoms. The Morgan fingerprint density at radius 2 is 2.24 bits per heavy atom. The van der Waals surface area contributed by atoms with Crippen molar-refractivity contribution < 1.29 is 4.84 Å². The molecule has 1 aromatic rings. The molecule has 17 heavy (non-hydrogen) atoms. The van der Waals surface area contributed by atoms with Crippen LogP contribution in [-0.4, -0.2) is 26.1 Å². The van der Waals surface area contributed by atoms with E-state index in [1.54, 1.807) is 0 Å². The van der Waals surface area contributed by atoms with Gasteiger partial charge in [0.05, 0.1) is 5.71 Å². The Balaban J connectivity index is 2.23. The van der Waals surface area contributed by atoms with Crippen LogP contribution in [0.4, 0.5) is 0 Å². The first-order valence-corrected chi connectivity index (χ1v) is 6.29. The Hall–Kier alpha value is -1.04. The van der Waals surface area contributed by atoms with Crippen molar-refractivity contribution in [1.29, 1.82) is 0 Å². The topological polar surface area (TPSA) is 52.3 Å². The second-order valence-corrected chi connectivity index (χ2v) is 5.36. The molecule has 0 radical (unpaired) electrons. The van der Waals surface area contributed by atoms with E-state index in [-0.39, 0.29) is 10.9 Å². The van der Waals surface area contributed by atoms with Crippen LogP contribution in [0, 0.1) is 6.92 Å². The standard InChI is InChI=1S/C11H18N4OS/c1-5-15-10(12-7(2)13-15)9(17)8-6-11(3,4)16-14-8/h9,17H,5-6H2,1-4H3. The predicted octanol–water partition coefficient (Wildman–Crippen LogP) is 2.13. The van der Waals surface area contributed by atoms with Gasteiger partial charge in [0.2, 0.25) is 0 Å². The fourth-order valence-electron chi connectivity index (χ4n) is 1.89. The van der Waals surface area contributed by atoms with Crippen molar-refractivity contribution >= 4 is 18.3 Å². The molecule has 0 spiro atoms. The lowest BCUT2D eigenvalue weighted by atomic mass is 10.0. The van der Waals surface area contributed by atoms with Gasteiger partial charge in [0.1, 0.15) is 22.5 Å². The number of thiol groups is 1. The third-order valence-corrected chi connectivity index (χ3v) is 3.21. The summed E-state index contributed by atoms with van der Waals surface area (Å²) in [5.74, 6) is 1.60. The Morgan fingerprint density at radius 1 is 1.53 bits per heavy atom. The molecule has 2 heterocycles. The molecule has 1 aliphatic rings. The second kappa shape index (κ2) is 4.33. The number of oxime groups is 1. The van der Waals surface area contributed by atoms with E-state index >= 15 is 0 Å². The number of hydrogen-bond donors (Lipinski definition) is 1. The summed E-state index contributed by atoms with van der Waals surface area (Å²) in [6.45, 7) is 8.73. The summed E-state index contributed by atoms with van der Waals surface area (Å²) in [4.78, 5) is 9.77. The van der Waals surface area contributed by atoms with E-state index in [0.29, 0.717) is 0 Å². The van der Waals surface area contributed by atoms with Gasteiger partial charge in [-0.3, -0.25) is 0 Å². The van der Waals surface area contributed by atoms with Crippen molar-refractivity contribution in [2.45, 2.75) is 51.5 Å². The summed E-state index contributed by atoms with van der Waals surface area (Å²) in [6, 6.07) is 0. The van der Waals surface area contributed by atoms with Crippen molar-refractivity contribution in [2.75, 3.05) is 0 Å². The van der Waals surface area contributed by atoms with Crippen LogP contribution in [0.5, 0.6) is 0 Å². The summed E-state index contributed by atoms with van der Waals surface area (Å²) in [6.07, 6.45) is 0.775. The third kappa shape index (κ3) is 2.46. The zero-order valence-corrected chi connectivity index (χ0v) is 11.5. The third-order valence-electron chi connectivity index (χ3n) is 2.68. The van der Waals surface area contributed by atoms with E-state index in [1.165, 1.54) is 0 Å². The van der Waals surface area contributed by atoms with E-state index in [1.807, 2.05) is 32.4 Å². The largest absolute Gasteiger partial charge is 0.389 e. The summed E-state index contributed by atoms with van der Waals surface area (Å²) in [5.41, 5.74) is 0.683. The summed E-state index contributed by atoms with van der Waals surface area (Å²) >= 11 is 4.60. The number of aryl methyl sites for hydroxylation is 2. The molecule has 0 amide bonds. The maximum atomic E-state index is 5.36. The maximum absolute atomic E-state index is 5.36. The van der Waals surface area contributed by atoms with Gasteiger partial charge >= 0.3 is 0 Å². The number of nitrogens with zero attached hydrogens (tertiary/aromatic N) is 4. The van der Waals surface area contributed by atoms with Gasteiger partial charge in [-0.2, -0.15) is 17.7 Å². The average molecular weight is 254 g/mol. The molecule has 1 aromatic heterocycles. The van der Waals surface area contributed by atoms with Crippen molar-refractivity contribution in [1.82, 2.24) is 14.8 Å². The highest BCUT2D eigenvalue weighted by molar-refractivity contribution is 7.81. The van der Waals surface area contributed by atoms with E-state index in [2.05, 4.69) is 27.9 Å². The van der Waals surface area contributed by atoms with Crippen LogP contribution in [0.2, 0.25) is 0 Å². The minimum Gasteiger partial charge on any atom is -0.389 e. The molecular weight excluding hydrogens is 236 g/mol. The molecule has 0 fully saturated rings. The van der Waals surface area contributed by atoms with Gasteiger partial charge in [0.15, 0.2) is 0 Å². The first-order chi connectivity index (χ1) is 7.93. The van der Waals surface area contributed by atoms with Gasteiger partial charge in [-0.25, -0.2) is 9.67 Å². The van der Waals surface area contributed by atoms with E-state index in [4.69, 9.17) is 4.84 Å². The van der Waals surface area contributed by atoms with Crippen LogP contribution >= 0.6 is 12.6 Å². The fourth-order valence-corrected chi connectivity index (χ4v) is 2.21. The molecular formula is C11H18N4OS. The van der Waals surface area contributed by atoms with E-state index < -0.39 is 0 Å². The van der Waals surface area contributed by atoms with Crippen LogP contribution in [0.15, 0.2) is 5.16 Å². The maximum Gasteiger partial charge on any atom is 0.147 e. The van der Waals surface area contributed by atoms with Crippen molar-refractivity contribution in [3.05, 3.63) is 11.6 Å². The highest BCUT2D eigenvalue weighted by Crippen LogP contribution is 2.31. The van der Waals surface area contributed by atoms with Gasteiger partial charge in [-0.15, -0.1) is 0 Å². The van der Waals surface area contributed by atoms with Crippen molar-refractivity contribution in [2.24, 2.45) is 5.16 Å². The zero-order chi connectivity index (χ0) is 12.6. The summed E-state index contributed by atoms with van der Waals surface area (Å²) < 4.78 is 1.86. The summed E-state index contributed by atoms with van der Waals surface area (Å²) in [5, 5.41) is 8.29. The molecule has 0 N–H and O–H groups in total. The van der Waals surface area contributed by atoms with Crippen LogP contribution in [0.3, 0.4) is 0 Å². The second-order valence-electron chi connectivity index (χ2n) is 4.85. The zero-order valence-electron chi connectivity index (χ0n) is 10.6. The fraction of sp³-hybridized carbons (Fsp3) is 0.727. The molecule has 0 aromatic carbocycles. The Labute approximate surface area is 107 Å². The molecule has 0 saturated heterocycles. The molecule has 1 aliphatic heterocycles. The van der Waals surface area contributed by atoms with Crippen LogP contribution in [-0.2, 0) is 11.4 Å². The molecule has 0 saturated carbocycles. The van der Waals surface area contributed by atoms with Gasteiger partial charge in [0.25, 0.3) is 0 Å². The molecule has 5 nitrogen and oxygen atoms in total. The number of hydrogen-bond acceptors (Lipinski definition) is 5. The first-order valence-electron chi connectivity index (χ1n) is 5.77. The molecule has 0 aliphatic carbocycles. The lowest BCUT2D eigenvalue weighted by Gasteiger charge is -2.14. The number of rotatable bonds is 3. The van der Waals surface area contributed by atoms with Crippen LogP contribution in [0.25, 0.3) is 0 Å². The predicted molar refractivity (Wildman–Crippen MR) is 69.4 cm³/mol. The van der Waals surface area contributed by atoms with E-state index in [0.717, 1.165) is 30.3 Å². The average Bonchev–Trinajstić information content (AvgIpc) is 2.80. The molecule has 1 unspecified atom stereocenters. The van der Waals surface area contributed by atoms with Gasteiger partial charge in [0, 0.05) is 13.0 Å². The van der Waals surface area contributed by atoms with E-state index in [9.17, 15) is 0 Å². The van der Waals surface area contributed by atoms with Crippen molar-refractivity contribution in [3.8, 4) is 0 Å². The summed E-state index contributed by atoms with van der Waals surface area (Å²) in [7, 11) is 0. The molecule has 94 valence electrons. The smallest absolute Gasteiger partial charge is 0.147 e. The lowest BCUT2D eigenvalue weighted by molar-refractivity contribution is 0.0123. The Morgan fingerprint density at radius 3 is 2.76 bits per heavy atom. The Bertz CT molecular complexity index is 452. The minimum absolute atomic E-state index is 0.141. The SMILES string of the molecule is CCn1nc(C)nc1C(S)C1=NOC(C)(C)C1. The van der Waals surface area contributed by atoms with Gasteiger partial charge in [-0.05, 0) is 27.7 Å². The molecule has 0 bridgehead atoms. The van der Waals surface area contributed by atoms with Gasteiger partial charge < -0.3 is 4.84 Å². The molecule has 2 rings (SSSR count). The highest BCUT2D eigenvalue weighted by Gasteiger charge is 2.34. The van der Waals surface area contributed by atoms with Crippen LogP contribution in [0.1, 0.15) is 44.1 Å². The lowest BCUT2D eigenvalue weighted by Crippen LogP contribution is -2.21. The minimum atomic E-state index is -0.234. The van der Waals surface area contributed by atoms with Crippen molar-refractivity contribution in [3.63, 3.8) is 0 Å². The Kier molecular flexibility index (Phi) is 3.16. The highest BCUT2D eigenvalue weighted by atomic mass is 32.1. The number of aromatic nitrogens is 3. The normalized spacial score (nSPS) is 19.9. The quantitative estimate of drug-likeness (QED) is 0.841. The van der Waals surface area contributed by atoms with Gasteiger partial charge in [-0.1, -0.05) is 5.16 Å². The first kappa shape index (κ1) is 12.4. The molecule has 1 atom stereocenters.